The van der Waals surface area contributed by atoms with Gasteiger partial charge in [-0.1, -0.05) is 72.3 Å². The second-order valence-electron chi connectivity index (χ2n) is 11.1. The van der Waals surface area contributed by atoms with Crippen LogP contribution in [0.2, 0.25) is 0 Å². The van der Waals surface area contributed by atoms with Crippen LogP contribution in [-0.4, -0.2) is 53.1 Å². The van der Waals surface area contributed by atoms with Crippen LogP contribution in [0.5, 0.6) is 0 Å². The lowest BCUT2D eigenvalue weighted by Crippen LogP contribution is -2.44. The van der Waals surface area contributed by atoms with Crippen molar-refractivity contribution in [2.24, 2.45) is 0 Å². The third kappa shape index (κ3) is 5.61. The zero-order valence-electron chi connectivity index (χ0n) is 24.3. The first-order valence-corrected chi connectivity index (χ1v) is 15.6. The summed E-state index contributed by atoms with van der Waals surface area (Å²) in [5.41, 5.74) is 8.06. The van der Waals surface area contributed by atoms with Crippen molar-refractivity contribution in [1.29, 1.82) is 0 Å². The van der Waals surface area contributed by atoms with Gasteiger partial charge in [-0.3, -0.25) is 14.5 Å². The van der Waals surface area contributed by atoms with Gasteiger partial charge in [0.05, 0.1) is 28.5 Å². The Morgan fingerprint density at radius 1 is 1.05 bits per heavy atom. The van der Waals surface area contributed by atoms with Crippen molar-refractivity contribution in [3.8, 4) is 16.9 Å². The van der Waals surface area contributed by atoms with Gasteiger partial charge < -0.3 is 10.1 Å². The SMILES string of the molecule is Cc1cccc(C2SCC(=O)N(CC(=O)NCC3CCCO3)c3c2c(-c2ccccc2)nn3-c2cccc(C)c2C)c1. The lowest BCUT2D eigenvalue weighted by atomic mass is 9.98. The number of ether oxygens (including phenoxy) is 1. The molecule has 1 saturated heterocycles. The lowest BCUT2D eigenvalue weighted by Gasteiger charge is -2.24. The zero-order valence-corrected chi connectivity index (χ0v) is 25.1. The maximum atomic E-state index is 14.0. The molecule has 2 atom stereocenters. The summed E-state index contributed by atoms with van der Waals surface area (Å²) in [6.45, 7) is 7.31. The Bertz CT molecular complexity index is 1610. The highest BCUT2D eigenvalue weighted by molar-refractivity contribution is 8.00. The third-order valence-corrected chi connectivity index (χ3v) is 9.39. The van der Waals surface area contributed by atoms with Crippen LogP contribution in [0.1, 0.15) is 45.9 Å². The van der Waals surface area contributed by atoms with Crippen molar-refractivity contribution in [2.45, 2.75) is 45.0 Å². The topological polar surface area (TPSA) is 76.5 Å². The van der Waals surface area contributed by atoms with Gasteiger partial charge in [0, 0.05) is 24.3 Å². The molecule has 2 amide bonds. The Kier molecular flexibility index (Phi) is 8.18. The zero-order chi connectivity index (χ0) is 29.2. The summed E-state index contributed by atoms with van der Waals surface area (Å²) < 4.78 is 7.59. The number of hydrogen-bond donors (Lipinski definition) is 1. The fraction of sp³-hybridized carbons (Fsp3) is 0.324. The Morgan fingerprint density at radius 2 is 1.86 bits per heavy atom. The number of rotatable bonds is 7. The van der Waals surface area contributed by atoms with Crippen LogP contribution in [0, 0.1) is 20.8 Å². The highest BCUT2D eigenvalue weighted by Crippen LogP contribution is 2.48. The number of aryl methyl sites for hydroxylation is 2. The average Bonchev–Trinajstić information content (AvgIpc) is 3.63. The molecule has 6 rings (SSSR count). The molecule has 1 N–H and O–H groups in total. The number of fused-ring (bicyclic) bond motifs is 1. The van der Waals surface area contributed by atoms with E-state index in [1.807, 2.05) is 35.0 Å². The van der Waals surface area contributed by atoms with Crippen LogP contribution in [0.3, 0.4) is 0 Å². The van der Waals surface area contributed by atoms with Crippen LogP contribution >= 0.6 is 11.8 Å². The summed E-state index contributed by atoms with van der Waals surface area (Å²) in [6, 6.07) is 24.7. The molecular weight excluding hydrogens is 544 g/mol. The molecule has 2 aliphatic rings. The standard InChI is InChI=1S/C34H36N4O3S/c1-22-10-7-14-26(18-22)33-31-32(25-12-5-4-6-13-25)36-38(28-16-8-11-23(2)24(28)3)34(31)37(30(40)21-42-33)20-29(39)35-19-27-15-9-17-41-27/h4-8,10-14,16,18,27,33H,9,15,17,19-21H2,1-3H3,(H,35,39). The molecule has 216 valence electrons. The Balaban J connectivity index is 1.55. The fourth-order valence-corrected chi connectivity index (χ4v) is 6.98. The van der Waals surface area contributed by atoms with Crippen LogP contribution in [0.25, 0.3) is 16.9 Å². The predicted octanol–water partition coefficient (Wildman–Crippen LogP) is 5.93. The number of amides is 2. The van der Waals surface area contributed by atoms with Crippen LogP contribution in [0.4, 0.5) is 5.82 Å². The van der Waals surface area contributed by atoms with E-state index in [1.165, 1.54) is 0 Å². The fourth-order valence-electron chi connectivity index (χ4n) is 5.79. The molecule has 0 bridgehead atoms. The number of nitrogens with one attached hydrogen (secondary N) is 1. The van der Waals surface area contributed by atoms with E-state index in [4.69, 9.17) is 9.84 Å². The number of carbonyl (C=O) groups excluding carboxylic acids is 2. The van der Waals surface area contributed by atoms with Gasteiger partial charge in [0.25, 0.3) is 0 Å². The number of thioether (sulfide) groups is 1. The molecule has 1 aromatic heterocycles. The van der Waals surface area contributed by atoms with Gasteiger partial charge in [-0.25, -0.2) is 4.68 Å². The number of benzene rings is 3. The number of carbonyl (C=O) groups is 2. The molecule has 3 heterocycles. The van der Waals surface area contributed by atoms with Gasteiger partial charge in [-0.2, -0.15) is 5.10 Å². The van der Waals surface area contributed by atoms with E-state index in [-0.39, 0.29) is 35.5 Å². The summed E-state index contributed by atoms with van der Waals surface area (Å²) in [5.74, 6) is 0.567. The van der Waals surface area contributed by atoms with Crippen molar-refractivity contribution >= 4 is 29.4 Å². The first-order chi connectivity index (χ1) is 20.4. The van der Waals surface area contributed by atoms with Crippen LogP contribution < -0.4 is 10.2 Å². The van der Waals surface area contributed by atoms with E-state index < -0.39 is 0 Å². The van der Waals surface area contributed by atoms with Gasteiger partial charge in [0.1, 0.15) is 12.4 Å². The quantitative estimate of drug-likeness (QED) is 0.293. The Hall–Kier alpha value is -3.88. The van der Waals surface area contributed by atoms with Gasteiger partial charge >= 0.3 is 0 Å². The van der Waals surface area contributed by atoms with E-state index >= 15 is 0 Å². The lowest BCUT2D eigenvalue weighted by molar-refractivity contribution is -0.123. The normalized spacial score (nSPS) is 18.5. The molecule has 0 spiro atoms. The van der Waals surface area contributed by atoms with E-state index in [2.05, 4.69) is 68.6 Å². The number of hydrogen-bond acceptors (Lipinski definition) is 5. The average molecular weight is 581 g/mol. The Morgan fingerprint density at radius 3 is 2.62 bits per heavy atom. The van der Waals surface area contributed by atoms with Crippen LogP contribution in [-0.2, 0) is 14.3 Å². The number of nitrogens with zero attached hydrogens (tertiary/aromatic N) is 3. The largest absolute Gasteiger partial charge is 0.376 e. The van der Waals surface area contributed by atoms with Crippen molar-refractivity contribution in [3.05, 3.63) is 101 Å². The molecule has 2 unspecified atom stereocenters. The number of anilines is 1. The maximum Gasteiger partial charge on any atom is 0.240 e. The second kappa shape index (κ2) is 12.2. The predicted molar refractivity (Wildman–Crippen MR) is 168 cm³/mol. The molecule has 8 heteroatoms. The number of aromatic nitrogens is 2. The maximum absolute atomic E-state index is 14.0. The van der Waals surface area contributed by atoms with Crippen molar-refractivity contribution in [3.63, 3.8) is 0 Å². The third-order valence-electron chi connectivity index (χ3n) is 8.14. The van der Waals surface area contributed by atoms with Gasteiger partial charge in [0.2, 0.25) is 11.8 Å². The first kappa shape index (κ1) is 28.2. The minimum atomic E-state index is -0.209. The summed E-state index contributed by atoms with van der Waals surface area (Å²) >= 11 is 1.59. The molecule has 4 aromatic rings. The second-order valence-corrected chi connectivity index (χ2v) is 12.2. The molecule has 0 saturated carbocycles. The molecular formula is C34H36N4O3S. The summed E-state index contributed by atoms with van der Waals surface area (Å²) in [6.07, 6.45) is 1.96. The van der Waals surface area contributed by atoms with Crippen LogP contribution in [0.15, 0.2) is 72.8 Å². The molecule has 3 aromatic carbocycles. The van der Waals surface area contributed by atoms with E-state index in [9.17, 15) is 9.59 Å². The van der Waals surface area contributed by atoms with Gasteiger partial charge in [0.15, 0.2) is 0 Å². The summed E-state index contributed by atoms with van der Waals surface area (Å²) in [7, 11) is 0. The summed E-state index contributed by atoms with van der Waals surface area (Å²) in [5, 5.41) is 8.10. The van der Waals surface area contributed by atoms with Gasteiger partial charge in [-0.15, -0.1) is 11.8 Å². The highest BCUT2D eigenvalue weighted by Gasteiger charge is 2.38. The molecule has 0 aliphatic carbocycles. The Labute approximate surface area is 251 Å². The van der Waals surface area contributed by atoms with Crippen molar-refractivity contribution in [2.75, 3.05) is 30.3 Å². The first-order valence-electron chi connectivity index (χ1n) is 14.5. The highest BCUT2D eigenvalue weighted by atomic mass is 32.2. The molecule has 0 radical (unpaired) electrons. The minimum Gasteiger partial charge on any atom is -0.376 e. The monoisotopic (exact) mass is 580 g/mol. The molecule has 7 nitrogen and oxygen atoms in total. The van der Waals surface area contributed by atoms with E-state index in [1.54, 1.807) is 16.7 Å². The summed E-state index contributed by atoms with van der Waals surface area (Å²) in [4.78, 5) is 29.0. The van der Waals surface area contributed by atoms with Crippen molar-refractivity contribution in [1.82, 2.24) is 15.1 Å². The minimum absolute atomic E-state index is 0.0238. The van der Waals surface area contributed by atoms with E-state index in [0.29, 0.717) is 12.4 Å². The molecule has 42 heavy (non-hydrogen) atoms. The van der Waals surface area contributed by atoms with E-state index in [0.717, 1.165) is 64.2 Å². The van der Waals surface area contributed by atoms with Crippen molar-refractivity contribution < 1.29 is 14.3 Å². The molecule has 2 aliphatic heterocycles. The van der Waals surface area contributed by atoms with Gasteiger partial charge in [-0.05, 0) is 56.4 Å². The smallest absolute Gasteiger partial charge is 0.240 e. The molecule has 1 fully saturated rings.